The van der Waals surface area contributed by atoms with E-state index in [0.717, 1.165) is 0 Å². The van der Waals surface area contributed by atoms with Gasteiger partial charge in [-0.05, 0) is 71.4 Å². The van der Waals surface area contributed by atoms with Gasteiger partial charge in [-0.15, -0.1) is 0 Å². The number of unbranched alkanes of at least 4 members (excludes halogenated alkanes) is 15. The van der Waals surface area contributed by atoms with Crippen LogP contribution in [0.2, 0.25) is 0 Å². The Kier molecular flexibility index (Phi) is 24.3. The fourth-order valence-electron chi connectivity index (χ4n) is 5.74. The van der Waals surface area contributed by atoms with Crippen LogP contribution in [0, 0.1) is 0 Å². The average Bonchev–Trinajstić information content (AvgIpc) is 2.87. The molecule has 36 heavy (non-hydrogen) atoms. The number of rotatable bonds is 27. The third kappa shape index (κ3) is 17.5. The van der Waals surface area contributed by atoms with Crippen molar-refractivity contribution in [3.8, 4) is 0 Å². The molecule has 0 rings (SSSR count). The minimum atomic E-state index is 0.640. The van der Waals surface area contributed by atoms with Gasteiger partial charge in [-0.1, -0.05) is 104 Å². The van der Waals surface area contributed by atoms with Crippen LogP contribution in [-0.2, 0) is 0 Å². The van der Waals surface area contributed by atoms with Gasteiger partial charge in [0.15, 0.2) is 0 Å². The molecule has 0 spiro atoms. The van der Waals surface area contributed by atoms with E-state index in [1.165, 1.54) is 164 Å². The first-order valence-electron chi connectivity index (χ1n) is 16.3. The molecule has 0 aromatic rings. The maximum Gasteiger partial charge on any atom is 0.144 e. The van der Waals surface area contributed by atoms with Crippen molar-refractivity contribution < 1.29 is 8.97 Å². The number of nitrogens with zero attached hydrogens (tertiary/aromatic N) is 2. The summed E-state index contributed by atoms with van der Waals surface area (Å²) in [5.41, 5.74) is 0. The molecular formula is C32H68Br2N2+2. The Morgan fingerprint density at radius 2 is 0.639 bits per heavy atom. The van der Waals surface area contributed by atoms with Gasteiger partial charge < -0.3 is 8.97 Å². The second-order valence-electron chi connectivity index (χ2n) is 12.1. The van der Waals surface area contributed by atoms with Crippen LogP contribution in [0.4, 0.5) is 0 Å². The summed E-state index contributed by atoms with van der Waals surface area (Å²) in [7, 11) is 4.83. The standard InChI is InChI=1S/C32H68Br2N2/c1-7-29-35(5,9-3)31(33)27-25-23-21-19-17-15-13-11-12-14-16-18-20-22-24-26-28-32(34)36(6,10-4)30-8-2/h31-32H,7-30H2,1-6H3/q+2. The molecule has 0 saturated carbocycles. The molecule has 0 aromatic carbocycles. The molecule has 2 nitrogen and oxygen atoms in total. The van der Waals surface area contributed by atoms with Gasteiger partial charge >= 0.3 is 0 Å². The van der Waals surface area contributed by atoms with Crippen LogP contribution in [0.1, 0.15) is 156 Å². The van der Waals surface area contributed by atoms with E-state index in [-0.39, 0.29) is 0 Å². The number of quaternary nitrogens is 2. The smallest absolute Gasteiger partial charge is 0.144 e. The van der Waals surface area contributed by atoms with Crippen LogP contribution < -0.4 is 0 Å². The monoisotopic (exact) mass is 638 g/mol. The van der Waals surface area contributed by atoms with Crippen molar-refractivity contribution in [2.24, 2.45) is 0 Å². The Hall–Kier alpha value is 0.880. The Balaban J connectivity index is 3.43. The summed E-state index contributed by atoms with van der Waals surface area (Å²) >= 11 is 7.99. The van der Waals surface area contributed by atoms with Gasteiger partial charge in [0.05, 0.1) is 40.3 Å². The number of alkyl halides is 2. The predicted molar refractivity (Wildman–Crippen MR) is 172 cm³/mol. The van der Waals surface area contributed by atoms with E-state index in [2.05, 4.69) is 73.7 Å². The minimum absolute atomic E-state index is 0.640. The maximum absolute atomic E-state index is 4.00. The van der Waals surface area contributed by atoms with E-state index >= 15 is 0 Å². The van der Waals surface area contributed by atoms with Gasteiger partial charge in [-0.25, -0.2) is 0 Å². The van der Waals surface area contributed by atoms with Crippen molar-refractivity contribution in [3.05, 3.63) is 0 Å². The van der Waals surface area contributed by atoms with Gasteiger partial charge in [-0.2, -0.15) is 0 Å². The largest absolute Gasteiger partial charge is 0.315 e. The molecule has 4 atom stereocenters. The molecule has 0 aromatic heterocycles. The second kappa shape index (κ2) is 23.7. The van der Waals surface area contributed by atoms with Crippen LogP contribution in [-0.4, -0.2) is 59.1 Å². The second-order valence-corrected chi connectivity index (χ2v) is 14.3. The zero-order chi connectivity index (χ0) is 27.1. The molecule has 0 saturated heterocycles. The Labute approximate surface area is 246 Å². The van der Waals surface area contributed by atoms with Gasteiger partial charge in [0.1, 0.15) is 9.90 Å². The fraction of sp³-hybridized carbons (Fsp3) is 1.00. The Morgan fingerprint density at radius 1 is 0.417 bits per heavy atom. The SMILES string of the molecule is CCC[N+](C)(CC)C(Br)CCCCCCCCCCCCCCCCCCC(Br)[N+](C)(CC)CCC. The summed E-state index contributed by atoms with van der Waals surface area (Å²) in [5, 5.41) is 0. The number of hydrogen-bond donors (Lipinski definition) is 0. The third-order valence-electron chi connectivity index (χ3n) is 8.90. The molecule has 4 unspecified atom stereocenters. The topological polar surface area (TPSA) is 0 Å². The van der Waals surface area contributed by atoms with Gasteiger partial charge in [0.25, 0.3) is 0 Å². The van der Waals surface area contributed by atoms with Crippen LogP contribution in [0.25, 0.3) is 0 Å². The summed E-state index contributed by atoms with van der Waals surface area (Å²) in [5.74, 6) is 0. The van der Waals surface area contributed by atoms with Crippen molar-refractivity contribution in [1.82, 2.24) is 0 Å². The zero-order valence-electron chi connectivity index (χ0n) is 25.8. The summed E-state index contributed by atoms with van der Waals surface area (Å²) in [6.07, 6.45) is 28.3. The van der Waals surface area contributed by atoms with Crippen LogP contribution in [0.5, 0.6) is 0 Å². The van der Waals surface area contributed by atoms with Gasteiger partial charge in [-0.3, -0.25) is 0 Å². The molecule has 0 aliphatic carbocycles. The lowest BCUT2D eigenvalue weighted by molar-refractivity contribution is -0.916. The molecule has 0 N–H and O–H groups in total. The van der Waals surface area contributed by atoms with Crippen LogP contribution in [0.15, 0.2) is 0 Å². The summed E-state index contributed by atoms with van der Waals surface area (Å²) in [6, 6.07) is 0. The molecule has 0 amide bonds. The highest BCUT2D eigenvalue weighted by atomic mass is 79.9. The van der Waals surface area contributed by atoms with Crippen molar-refractivity contribution in [1.29, 1.82) is 0 Å². The molecule has 0 radical (unpaired) electrons. The highest BCUT2D eigenvalue weighted by Crippen LogP contribution is 2.24. The van der Waals surface area contributed by atoms with Gasteiger partial charge in [0.2, 0.25) is 0 Å². The number of hydrogen-bond acceptors (Lipinski definition) is 0. The van der Waals surface area contributed by atoms with Crippen molar-refractivity contribution in [2.45, 2.75) is 166 Å². The van der Waals surface area contributed by atoms with E-state index in [1.807, 2.05) is 0 Å². The lowest BCUT2D eigenvalue weighted by atomic mass is 10.0. The van der Waals surface area contributed by atoms with Crippen molar-refractivity contribution >= 4 is 31.9 Å². The van der Waals surface area contributed by atoms with Crippen molar-refractivity contribution in [2.75, 3.05) is 40.3 Å². The predicted octanol–water partition coefficient (Wildman–Crippen LogP) is 11.2. The molecule has 218 valence electrons. The average molecular weight is 641 g/mol. The number of halogens is 2. The lowest BCUT2D eigenvalue weighted by Gasteiger charge is -2.38. The van der Waals surface area contributed by atoms with Crippen LogP contribution >= 0.6 is 31.9 Å². The normalized spacial score (nSPS) is 17.0. The summed E-state index contributed by atoms with van der Waals surface area (Å²) in [4.78, 5) is 1.28. The van der Waals surface area contributed by atoms with Crippen molar-refractivity contribution in [3.63, 3.8) is 0 Å². The lowest BCUT2D eigenvalue weighted by Crippen LogP contribution is -2.49. The molecule has 0 heterocycles. The maximum atomic E-state index is 4.00. The van der Waals surface area contributed by atoms with E-state index in [0.29, 0.717) is 9.90 Å². The zero-order valence-corrected chi connectivity index (χ0v) is 28.9. The first kappa shape index (κ1) is 36.9. The molecule has 0 fully saturated rings. The molecule has 0 aliphatic heterocycles. The Bertz CT molecular complexity index is 433. The highest BCUT2D eigenvalue weighted by molar-refractivity contribution is 9.09. The Morgan fingerprint density at radius 3 is 0.833 bits per heavy atom. The van der Waals surface area contributed by atoms with E-state index in [9.17, 15) is 0 Å². The first-order valence-corrected chi connectivity index (χ1v) is 18.1. The van der Waals surface area contributed by atoms with Crippen LogP contribution in [0.3, 0.4) is 0 Å². The summed E-state index contributed by atoms with van der Waals surface area (Å²) in [6.45, 7) is 14.3. The highest BCUT2D eigenvalue weighted by Gasteiger charge is 2.28. The molecule has 4 heteroatoms. The van der Waals surface area contributed by atoms with E-state index in [4.69, 9.17) is 0 Å². The molecular weight excluding hydrogens is 572 g/mol. The minimum Gasteiger partial charge on any atom is -0.315 e. The van der Waals surface area contributed by atoms with E-state index in [1.54, 1.807) is 0 Å². The third-order valence-corrected chi connectivity index (χ3v) is 11.8. The quantitative estimate of drug-likeness (QED) is 0.0363. The molecule has 0 bridgehead atoms. The summed E-state index contributed by atoms with van der Waals surface area (Å²) < 4.78 is 2.37. The fourth-order valence-corrected chi connectivity index (χ4v) is 7.37. The van der Waals surface area contributed by atoms with E-state index < -0.39 is 0 Å². The first-order chi connectivity index (χ1) is 17.3. The van der Waals surface area contributed by atoms with Gasteiger partial charge in [0, 0.05) is 12.8 Å². The molecule has 0 aliphatic rings.